The van der Waals surface area contributed by atoms with Gasteiger partial charge in [0.25, 0.3) is 6.01 Å². The van der Waals surface area contributed by atoms with Gasteiger partial charge >= 0.3 is 0 Å². The Balaban J connectivity index is 1.62. The third kappa shape index (κ3) is 2.16. The molecule has 2 aromatic rings. The highest BCUT2D eigenvalue weighted by atomic mass is 16.4. The number of carbonyl (C=O) groups excluding carboxylic acids is 1. The van der Waals surface area contributed by atoms with Crippen molar-refractivity contribution in [1.82, 2.24) is 10.3 Å². The molecule has 5 heteroatoms. The van der Waals surface area contributed by atoms with Crippen molar-refractivity contribution in [3.05, 3.63) is 24.3 Å². The van der Waals surface area contributed by atoms with Crippen LogP contribution >= 0.6 is 0 Å². The number of rotatable bonds is 2. The normalized spacial score (nSPS) is 23.5. The van der Waals surface area contributed by atoms with E-state index in [4.69, 9.17) is 4.42 Å². The van der Waals surface area contributed by atoms with Crippen molar-refractivity contribution in [1.29, 1.82) is 0 Å². The van der Waals surface area contributed by atoms with Crippen LogP contribution in [0.15, 0.2) is 28.7 Å². The summed E-state index contributed by atoms with van der Waals surface area (Å²) in [5, 5.41) is 3.09. The number of nitrogens with one attached hydrogen (secondary N) is 1. The summed E-state index contributed by atoms with van der Waals surface area (Å²) in [5.41, 5.74) is 1.87. The van der Waals surface area contributed by atoms with E-state index < -0.39 is 0 Å². The molecule has 1 amide bonds. The first kappa shape index (κ1) is 13.6. The van der Waals surface area contributed by atoms with Gasteiger partial charge in [-0.15, -0.1) is 0 Å². The SMILES string of the molecule is CC(=O)NC1CCN(c2nc3ccccc3o2)C2(CCC2)C1. The Morgan fingerprint density at radius 1 is 1.41 bits per heavy atom. The Morgan fingerprint density at radius 3 is 2.91 bits per heavy atom. The number of carbonyl (C=O) groups is 1. The van der Waals surface area contributed by atoms with Crippen LogP contribution in [0.5, 0.6) is 0 Å². The number of oxazole rings is 1. The Hall–Kier alpha value is -2.04. The second-order valence-corrected chi connectivity index (χ2v) is 6.58. The first-order valence-corrected chi connectivity index (χ1v) is 8.07. The zero-order valence-electron chi connectivity index (χ0n) is 12.8. The van der Waals surface area contributed by atoms with Crippen LogP contribution in [0.2, 0.25) is 0 Å². The minimum absolute atomic E-state index is 0.0646. The maximum absolute atomic E-state index is 11.3. The van der Waals surface area contributed by atoms with E-state index in [1.54, 1.807) is 6.92 Å². The summed E-state index contributed by atoms with van der Waals surface area (Å²) < 4.78 is 5.98. The Labute approximate surface area is 129 Å². The van der Waals surface area contributed by atoms with Gasteiger partial charge in [-0.2, -0.15) is 4.98 Å². The number of hydrogen-bond acceptors (Lipinski definition) is 4. The molecule has 1 aromatic heterocycles. The van der Waals surface area contributed by atoms with Crippen LogP contribution in [0.3, 0.4) is 0 Å². The summed E-state index contributed by atoms with van der Waals surface area (Å²) in [7, 11) is 0. The number of piperidine rings is 1. The zero-order valence-corrected chi connectivity index (χ0v) is 12.8. The first-order chi connectivity index (χ1) is 10.7. The van der Waals surface area contributed by atoms with Crippen LogP contribution in [-0.2, 0) is 4.79 Å². The van der Waals surface area contributed by atoms with Gasteiger partial charge in [0, 0.05) is 25.0 Å². The molecule has 1 unspecified atom stereocenters. The van der Waals surface area contributed by atoms with Crippen LogP contribution in [-0.4, -0.2) is 29.0 Å². The van der Waals surface area contributed by atoms with Crippen molar-refractivity contribution in [2.75, 3.05) is 11.4 Å². The fraction of sp³-hybridized carbons (Fsp3) is 0.529. The number of benzene rings is 1. The lowest BCUT2D eigenvalue weighted by atomic mass is 9.69. The molecule has 1 aliphatic carbocycles. The van der Waals surface area contributed by atoms with Gasteiger partial charge in [0.15, 0.2) is 5.58 Å². The zero-order chi connectivity index (χ0) is 15.2. The smallest absolute Gasteiger partial charge is 0.298 e. The van der Waals surface area contributed by atoms with E-state index in [0.29, 0.717) is 0 Å². The maximum atomic E-state index is 11.3. The van der Waals surface area contributed by atoms with Crippen molar-refractivity contribution in [3.8, 4) is 0 Å². The van der Waals surface area contributed by atoms with Crippen LogP contribution in [0.1, 0.15) is 39.0 Å². The molecule has 4 rings (SSSR count). The summed E-state index contributed by atoms with van der Waals surface area (Å²) in [6, 6.07) is 8.92. The van der Waals surface area contributed by atoms with E-state index in [2.05, 4.69) is 15.2 Å². The highest BCUT2D eigenvalue weighted by molar-refractivity contribution is 5.75. The Bertz CT molecular complexity index is 672. The van der Waals surface area contributed by atoms with Gasteiger partial charge in [-0.3, -0.25) is 4.79 Å². The molecule has 22 heavy (non-hydrogen) atoms. The summed E-state index contributed by atoms with van der Waals surface area (Å²) in [5.74, 6) is 0.0646. The molecule has 2 fully saturated rings. The molecule has 1 aromatic carbocycles. The monoisotopic (exact) mass is 299 g/mol. The van der Waals surface area contributed by atoms with Gasteiger partial charge in [-0.25, -0.2) is 0 Å². The highest BCUT2D eigenvalue weighted by Gasteiger charge is 2.48. The van der Waals surface area contributed by atoms with E-state index in [-0.39, 0.29) is 17.5 Å². The molecule has 0 bridgehead atoms. The van der Waals surface area contributed by atoms with Gasteiger partial charge in [-0.1, -0.05) is 12.1 Å². The van der Waals surface area contributed by atoms with Gasteiger partial charge in [0.2, 0.25) is 5.91 Å². The number of amides is 1. The predicted octanol–water partition coefficient (Wildman–Crippen LogP) is 2.86. The van der Waals surface area contributed by atoms with Crippen molar-refractivity contribution < 1.29 is 9.21 Å². The third-order valence-electron chi connectivity index (χ3n) is 5.11. The second-order valence-electron chi connectivity index (χ2n) is 6.58. The van der Waals surface area contributed by atoms with Crippen LogP contribution < -0.4 is 10.2 Å². The molecule has 2 aliphatic rings. The fourth-order valence-electron chi connectivity index (χ4n) is 3.94. The summed E-state index contributed by atoms with van der Waals surface area (Å²) in [4.78, 5) is 18.4. The molecular formula is C17H21N3O2. The molecule has 2 heterocycles. The topological polar surface area (TPSA) is 58.4 Å². The van der Waals surface area contributed by atoms with E-state index in [1.165, 1.54) is 6.42 Å². The van der Waals surface area contributed by atoms with Gasteiger partial charge in [0.1, 0.15) is 5.52 Å². The Morgan fingerprint density at radius 2 is 2.23 bits per heavy atom. The van der Waals surface area contributed by atoms with Crippen molar-refractivity contribution in [2.45, 2.75) is 50.6 Å². The largest absolute Gasteiger partial charge is 0.423 e. The summed E-state index contributed by atoms with van der Waals surface area (Å²) >= 11 is 0. The predicted molar refractivity (Wildman–Crippen MR) is 84.8 cm³/mol. The molecule has 1 atom stereocenters. The van der Waals surface area contributed by atoms with Crippen molar-refractivity contribution in [3.63, 3.8) is 0 Å². The number of fused-ring (bicyclic) bond motifs is 1. The van der Waals surface area contributed by atoms with Gasteiger partial charge < -0.3 is 14.6 Å². The molecule has 5 nitrogen and oxygen atoms in total. The van der Waals surface area contributed by atoms with E-state index in [1.807, 2.05) is 24.3 Å². The lowest BCUT2D eigenvalue weighted by Gasteiger charge is -2.54. The number of nitrogens with zero attached hydrogens (tertiary/aromatic N) is 2. The Kier molecular flexibility index (Phi) is 3.10. The van der Waals surface area contributed by atoms with E-state index in [9.17, 15) is 4.79 Å². The molecule has 1 N–H and O–H groups in total. The first-order valence-electron chi connectivity index (χ1n) is 8.07. The van der Waals surface area contributed by atoms with Crippen molar-refractivity contribution >= 4 is 23.0 Å². The highest BCUT2D eigenvalue weighted by Crippen LogP contribution is 2.46. The van der Waals surface area contributed by atoms with Crippen LogP contribution in [0, 0.1) is 0 Å². The molecule has 1 saturated carbocycles. The molecule has 1 saturated heterocycles. The second kappa shape index (κ2) is 5.00. The molecule has 1 aliphatic heterocycles. The number of anilines is 1. The molecular weight excluding hydrogens is 278 g/mol. The number of hydrogen-bond donors (Lipinski definition) is 1. The fourth-order valence-corrected chi connectivity index (χ4v) is 3.94. The third-order valence-corrected chi connectivity index (χ3v) is 5.11. The molecule has 116 valence electrons. The van der Waals surface area contributed by atoms with E-state index >= 15 is 0 Å². The lowest BCUT2D eigenvalue weighted by Crippen LogP contribution is -2.62. The quantitative estimate of drug-likeness (QED) is 0.926. The average molecular weight is 299 g/mol. The summed E-state index contributed by atoms with van der Waals surface area (Å²) in [6.07, 6.45) is 5.48. The standard InChI is InChI=1S/C17H21N3O2/c1-12(21)18-13-7-10-20(17(11-13)8-4-9-17)16-19-14-5-2-3-6-15(14)22-16/h2-3,5-6,13H,4,7-11H2,1H3,(H,18,21). The number of aromatic nitrogens is 1. The number of para-hydroxylation sites is 2. The molecule has 0 radical (unpaired) electrons. The van der Waals surface area contributed by atoms with Crippen molar-refractivity contribution in [2.24, 2.45) is 0 Å². The van der Waals surface area contributed by atoms with Gasteiger partial charge in [0.05, 0.1) is 0 Å². The summed E-state index contributed by atoms with van der Waals surface area (Å²) in [6.45, 7) is 2.48. The maximum Gasteiger partial charge on any atom is 0.298 e. The minimum Gasteiger partial charge on any atom is -0.423 e. The van der Waals surface area contributed by atoms with Gasteiger partial charge in [-0.05, 0) is 44.2 Å². The lowest BCUT2D eigenvalue weighted by molar-refractivity contribution is -0.120. The van der Waals surface area contributed by atoms with E-state index in [0.717, 1.165) is 49.3 Å². The average Bonchev–Trinajstić information content (AvgIpc) is 2.88. The van der Waals surface area contributed by atoms with Crippen LogP contribution in [0.4, 0.5) is 6.01 Å². The molecule has 1 spiro atoms. The van der Waals surface area contributed by atoms with Crippen LogP contribution in [0.25, 0.3) is 11.1 Å². The minimum atomic E-state index is 0.0646.